The van der Waals surface area contributed by atoms with Crippen LogP contribution < -0.4 is 5.56 Å². The Morgan fingerprint density at radius 1 is 1.21 bits per heavy atom. The van der Waals surface area contributed by atoms with E-state index in [4.69, 9.17) is 4.74 Å². The molecule has 3 heterocycles. The van der Waals surface area contributed by atoms with Gasteiger partial charge in [0, 0.05) is 31.6 Å². The van der Waals surface area contributed by atoms with Crippen LogP contribution in [0.15, 0.2) is 23.0 Å². The van der Waals surface area contributed by atoms with Gasteiger partial charge in [0.15, 0.2) is 0 Å². The van der Waals surface area contributed by atoms with E-state index in [1.54, 1.807) is 34.6 Å². The summed E-state index contributed by atoms with van der Waals surface area (Å²) in [6, 6.07) is 5.10. The van der Waals surface area contributed by atoms with E-state index in [1.165, 1.54) is 0 Å². The predicted octanol–water partition coefficient (Wildman–Crippen LogP) is 2.15. The van der Waals surface area contributed by atoms with Gasteiger partial charge in [-0.2, -0.15) is 0 Å². The van der Waals surface area contributed by atoms with Crippen LogP contribution in [0, 0.1) is 5.92 Å². The molecule has 0 radical (unpaired) electrons. The standard InChI is InChI=1S/C21H25N3O4/c1-2-28-21(27)15-6-5-10-23(13-15)19(25)14-8-9-16-17(12-14)22-18-7-3-4-11-24(18)20(16)26/h8-9,12,15H,2-7,10-11,13H2,1H3/t15-/m0/s1. The average Bonchev–Trinajstić information content (AvgIpc) is 2.73. The number of aromatic nitrogens is 2. The Kier molecular flexibility index (Phi) is 5.15. The van der Waals surface area contributed by atoms with Crippen LogP contribution >= 0.6 is 0 Å². The lowest BCUT2D eigenvalue weighted by Gasteiger charge is -2.31. The summed E-state index contributed by atoms with van der Waals surface area (Å²) in [6.45, 7) is 3.83. The molecule has 0 spiro atoms. The minimum absolute atomic E-state index is 0.0287. The van der Waals surface area contributed by atoms with Crippen LogP contribution in [0.5, 0.6) is 0 Å². The van der Waals surface area contributed by atoms with E-state index in [0.717, 1.165) is 37.9 Å². The number of likely N-dealkylation sites (tertiary alicyclic amines) is 1. The molecule has 1 saturated heterocycles. The highest BCUT2D eigenvalue weighted by Gasteiger charge is 2.30. The van der Waals surface area contributed by atoms with Gasteiger partial charge in [-0.3, -0.25) is 19.0 Å². The van der Waals surface area contributed by atoms with E-state index in [-0.39, 0.29) is 23.4 Å². The lowest BCUT2D eigenvalue weighted by Crippen LogP contribution is -2.42. The van der Waals surface area contributed by atoms with E-state index in [0.29, 0.717) is 42.7 Å². The topological polar surface area (TPSA) is 81.5 Å². The monoisotopic (exact) mass is 383 g/mol. The molecule has 1 amide bonds. The Labute approximate surface area is 163 Å². The summed E-state index contributed by atoms with van der Waals surface area (Å²) >= 11 is 0. The fraction of sp³-hybridized carbons (Fsp3) is 0.524. The molecule has 1 aromatic heterocycles. The summed E-state index contributed by atoms with van der Waals surface area (Å²) in [4.78, 5) is 44.1. The van der Waals surface area contributed by atoms with Crippen molar-refractivity contribution in [1.82, 2.24) is 14.5 Å². The highest BCUT2D eigenvalue weighted by atomic mass is 16.5. The second kappa shape index (κ2) is 7.73. The minimum atomic E-state index is -0.270. The molecule has 2 aliphatic rings. The van der Waals surface area contributed by atoms with Gasteiger partial charge in [0.25, 0.3) is 11.5 Å². The molecule has 7 nitrogen and oxygen atoms in total. The fourth-order valence-electron chi connectivity index (χ4n) is 4.17. The van der Waals surface area contributed by atoms with Crippen molar-refractivity contribution in [2.45, 2.75) is 45.6 Å². The Hall–Kier alpha value is -2.70. The Balaban J connectivity index is 1.61. The lowest BCUT2D eigenvalue weighted by molar-refractivity contribution is -0.149. The van der Waals surface area contributed by atoms with Crippen LogP contribution in [0.25, 0.3) is 10.9 Å². The zero-order valence-corrected chi connectivity index (χ0v) is 16.1. The van der Waals surface area contributed by atoms with Crippen molar-refractivity contribution >= 4 is 22.8 Å². The zero-order chi connectivity index (χ0) is 19.7. The zero-order valence-electron chi connectivity index (χ0n) is 16.1. The van der Waals surface area contributed by atoms with Gasteiger partial charge in [0.05, 0.1) is 23.4 Å². The third-order valence-electron chi connectivity index (χ3n) is 5.64. The molecule has 0 aliphatic carbocycles. The maximum atomic E-state index is 13.0. The summed E-state index contributed by atoms with van der Waals surface area (Å²) in [6.07, 6.45) is 4.32. The van der Waals surface area contributed by atoms with Gasteiger partial charge in [0.2, 0.25) is 0 Å². The van der Waals surface area contributed by atoms with Gasteiger partial charge in [0.1, 0.15) is 5.82 Å². The molecule has 4 rings (SSSR count). The van der Waals surface area contributed by atoms with E-state index in [9.17, 15) is 14.4 Å². The number of aryl methyl sites for hydroxylation is 1. The number of rotatable bonds is 3. The van der Waals surface area contributed by atoms with E-state index >= 15 is 0 Å². The lowest BCUT2D eigenvalue weighted by atomic mass is 9.97. The molecule has 0 N–H and O–H groups in total. The molecule has 1 fully saturated rings. The molecule has 148 valence electrons. The molecule has 0 saturated carbocycles. The average molecular weight is 383 g/mol. The Morgan fingerprint density at radius 3 is 2.89 bits per heavy atom. The van der Waals surface area contributed by atoms with Crippen molar-refractivity contribution in [3.8, 4) is 0 Å². The van der Waals surface area contributed by atoms with Crippen LogP contribution in [0.1, 0.15) is 48.8 Å². The van der Waals surface area contributed by atoms with Crippen molar-refractivity contribution in [3.63, 3.8) is 0 Å². The van der Waals surface area contributed by atoms with Crippen molar-refractivity contribution in [3.05, 3.63) is 39.9 Å². The number of amides is 1. The number of piperidine rings is 1. The number of hydrogen-bond acceptors (Lipinski definition) is 5. The number of ether oxygens (including phenoxy) is 1. The molecule has 2 aliphatic heterocycles. The summed E-state index contributed by atoms with van der Waals surface area (Å²) in [7, 11) is 0. The molecule has 1 aromatic carbocycles. The van der Waals surface area contributed by atoms with Crippen molar-refractivity contribution in [2.75, 3.05) is 19.7 Å². The quantitative estimate of drug-likeness (QED) is 0.759. The summed E-state index contributed by atoms with van der Waals surface area (Å²) in [5, 5.41) is 0.547. The van der Waals surface area contributed by atoms with E-state index < -0.39 is 0 Å². The number of nitrogens with zero attached hydrogens (tertiary/aromatic N) is 3. The third-order valence-corrected chi connectivity index (χ3v) is 5.64. The fourth-order valence-corrected chi connectivity index (χ4v) is 4.17. The Morgan fingerprint density at radius 2 is 2.07 bits per heavy atom. The van der Waals surface area contributed by atoms with Gasteiger partial charge in [-0.15, -0.1) is 0 Å². The highest BCUT2D eigenvalue weighted by molar-refractivity contribution is 5.98. The number of benzene rings is 1. The van der Waals surface area contributed by atoms with Gasteiger partial charge in [-0.1, -0.05) is 0 Å². The van der Waals surface area contributed by atoms with Gasteiger partial charge in [-0.05, 0) is 50.8 Å². The number of hydrogen-bond donors (Lipinski definition) is 0. The molecule has 0 bridgehead atoms. The number of fused-ring (bicyclic) bond motifs is 2. The largest absolute Gasteiger partial charge is 0.466 e. The summed E-state index contributed by atoms with van der Waals surface area (Å²) in [5.41, 5.74) is 1.05. The third kappa shape index (κ3) is 3.41. The predicted molar refractivity (Wildman–Crippen MR) is 104 cm³/mol. The van der Waals surface area contributed by atoms with Crippen LogP contribution in [0.3, 0.4) is 0 Å². The molecule has 7 heteroatoms. The molecule has 0 unspecified atom stereocenters. The summed E-state index contributed by atoms with van der Waals surface area (Å²) in [5.74, 6) is 0.164. The van der Waals surface area contributed by atoms with Crippen LogP contribution in [-0.4, -0.2) is 46.0 Å². The van der Waals surface area contributed by atoms with Gasteiger partial charge >= 0.3 is 5.97 Å². The maximum absolute atomic E-state index is 13.0. The van der Waals surface area contributed by atoms with E-state index in [1.807, 2.05) is 0 Å². The molecule has 2 aromatic rings. The van der Waals surface area contributed by atoms with Crippen LogP contribution in [-0.2, 0) is 22.5 Å². The first kappa shape index (κ1) is 18.7. The Bertz CT molecular complexity index is 982. The minimum Gasteiger partial charge on any atom is -0.466 e. The van der Waals surface area contributed by atoms with Crippen LogP contribution in [0.2, 0.25) is 0 Å². The summed E-state index contributed by atoms with van der Waals surface area (Å²) < 4.78 is 6.87. The second-order valence-electron chi connectivity index (χ2n) is 7.52. The van der Waals surface area contributed by atoms with Crippen molar-refractivity contribution in [1.29, 1.82) is 0 Å². The normalized spacial score (nSPS) is 19.3. The highest BCUT2D eigenvalue weighted by Crippen LogP contribution is 2.22. The van der Waals surface area contributed by atoms with Gasteiger partial charge < -0.3 is 9.64 Å². The molecular formula is C21H25N3O4. The first-order chi connectivity index (χ1) is 13.6. The number of carbonyl (C=O) groups excluding carboxylic acids is 2. The second-order valence-corrected chi connectivity index (χ2v) is 7.52. The van der Waals surface area contributed by atoms with Crippen LogP contribution in [0.4, 0.5) is 0 Å². The molecular weight excluding hydrogens is 358 g/mol. The van der Waals surface area contributed by atoms with E-state index in [2.05, 4.69) is 4.98 Å². The smallest absolute Gasteiger partial charge is 0.310 e. The van der Waals surface area contributed by atoms with Gasteiger partial charge in [-0.25, -0.2) is 4.98 Å². The van der Waals surface area contributed by atoms with Crippen molar-refractivity contribution in [2.24, 2.45) is 5.92 Å². The molecule has 28 heavy (non-hydrogen) atoms. The number of esters is 1. The first-order valence-electron chi connectivity index (χ1n) is 10.1. The van der Waals surface area contributed by atoms with Crippen molar-refractivity contribution < 1.29 is 14.3 Å². The first-order valence-corrected chi connectivity index (χ1v) is 10.1. The maximum Gasteiger partial charge on any atom is 0.310 e. The molecule has 1 atom stereocenters. The number of carbonyl (C=O) groups is 2. The SMILES string of the molecule is CCOC(=O)[C@H]1CCCN(C(=O)c2ccc3c(=O)n4c(nc3c2)CCCC4)C1.